The van der Waals surface area contributed by atoms with Crippen LogP contribution in [-0.2, 0) is 4.79 Å². The van der Waals surface area contributed by atoms with Crippen LogP contribution in [0.25, 0.3) is 0 Å². The molecule has 16 heavy (non-hydrogen) atoms. The molecule has 1 saturated carbocycles. The second-order valence-electron chi connectivity index (χ2n) is 4.91. The molecule has 0 unspecified atom stereocenters. The van der Waals surface area contributed by atoms with Crippen LogP contribution >= 0.6 is 0 Å². The standard InChI is InChI=1S/C13H12N2O/c14-7-10-1-3-11(4-2-10)15-8-13(9-15)5-12(16)6-13/h1-4H,5-6,8-9H2. The second kappa shape index (κ2) is 3.08. The Bertz CT molecular complexity index is 468. The monoisotopic (exact) mass is 212 g/mol. The third-order valence-electron chi connectivity index (χ3n) is 3.56. The molecule has 0 amide bonds. The molecular weight excluding hydrogens is 200 g/mol. The molecule has 1 aliphatic heterocycles. The third-order valence-corrected chi connectivity index (χ3v) is 3.56. The third kappa shape index (κ3) is 1.30. The first-order chi connectivity index (χ1) is 7.71. The Balaban J connectivity index is 1.68. The lowest BCUT2D eigenvalue weighted by Gasteiger charge is -2.55. The van der Waals surface area contributed by atoms with E-state index in [-0.39, 0.29) is 0 Å². The molecule has 0 radical (unpaired) electrons. The summed E-state index contributed by atoms with van der Waals surface area (Å²) in [6.45, 7) is 1.98. The summed E-state index contributed by atoms with van der Waals surface area (Å²) >= 11 is 0. The lowest BCUT2D eigenvalue weighted by atomic mass is 9.62. The van der Waals surface area contributed by atoms with Gasteiger partial charge in [-0.2, -0.15) is 5.26 Å². The Morgan fingerprint density at radius 2 is 1.81 bits per heavy atom. The molecule has 0 N–H and O–H groups in total. The zero-order valence-electron chi connectivity index (χ0n) is 8.94. The van der Waals surface area contributed by atoms with Crippen LogP contribution in [0.3, 0.4) is 0 Å². The Kier molecular flexibility index (Phi) is 1.81. The first-order valence-corrected chi connectivity index (χ1v) is 5.48. The van der Waals surface area contributed by atoms with Crippen LogP contribution in [-0.4, -0.2) is 18.9 Å². The Morgan fingerprint density at radius 3 is 2.31 bits per heavy atom. The molecule has 1 heterocycles. The quantitative estimate of drug-likeness (QED) is 0.712. The van der Waals surface area contributed by atoms with Crippen molar-refractivity contribution in [2.24, 2.45) is 5.41 Å². The van der Waals surface area contributed by atoms with Crippen LogP contribution in [0.2, 0.25) is 0 Å². The molecule has 80 valence electrons. The van der Waals surface area contributed by atoms with Gasteiger partial charge in [0.1, 0.15) is 5.78 Å². The van der Waals surface area contributed by atoms with Gasteiger partial charge in [-0.05, 0) is 24.3 Å². The van der Waals surface area contributed by atoms with Crippen molar-refractivity contribution in [3.8, 4) is 6.07 Å². The van der Waals surface area contributed by atoms with Gasteiger partial charge in [0.2, 0.25) is 0 Å². The number of Topliss-reactive ketones (excluding diaryl/α,β-unsaturated/α-hetero) is 1. The molecule has 1 aromatic rings. The first kappa shape index (κ1) is 9.41. The Hall–Kier alpha value is -1.82. The summed E-state index contributed by atoms with van der Waals surface area (Å²) in [7, 11) is 0. The number of benzene rings is 1. The number of ketones is 1. The van der Waals surface area contributed by atoms with E-state index in [9.17, 15) is 4.79 Å². The van der Waals surface area contributed by atoms with Gasteiger partial charge in [-0.3, -0.25) is 4.79 Å². The van der Waals surface area contributed by atoms with Gasteiger partial charge in [-0.1, -0.05) is 0 Å². The molecule has 1 aliphatic carbocycles. The fourth-order valence-electron chi connectivity index (χ4n) is 2.70. The first-order valence-electron chi connectivity index (χ1n) is 5.48. The van der Waals surface area contributed by atoms with Crippen LogP contribution in [0, 0.1) is 16.7 Å². The number of hydrogen-bond acceptors (Lipinski definition) is 3. The van der Waals surface area contributed by atoms with Gasteiger partial charge >= 0.3 is 0 Å². The fourth-order valence-corrected chi connectivity index (χ4v) is 2.70. The lowest BCUT2D eigenvalue weighted by molar-refractivity contribution is -0.134. The summed E-state index contributed by atoms with van der Waals surface area (Å²) in [5.41, 5.74) is 2.15. The average Bonchev–Trinajstić information content (AvgIpc) is 2.22. The minimum Gasteiger partial charge on any atom is -0.370 e. The summed E-state index contributed by atoms with van der Waals surface area (Å²) < 4.78 is 0. The maximum absolute atomic E-state index is 11.0. The van der Waals surface area contributed by atoms with Crippen molar-refractivity contribution in [1.82, 2.24) is 0 Å². The van der Waals surface area contributed by atoms with Gasteiger partial charge in [-0.15, -0.1) is 0 Å². The summed E-state index contributed by atoms with van der Waals surface area (Å²) in [4.78, 5) is 13.3. The van der Waals surface area contributed by atoms with E-state index in [0.29, 0.717) is 16.8 Å². The summed E-state index contributed by atoms with van der Waals surface area (Å²) in [6, 6.07) is 9.75. The average molecular weight is 212 g/mol. The maximum Gasteiger partial charge on any atom is 0.134 e. The summed E-state index contributed by atoms with van der Waals surface area (Å²) in [5, 5.41) is 8.70. The van der Waals surface area contributed by atoms with E-state index in [4.69, 9.17) is 5.26 Å². The molecule has 0 atom stereocenters. The summed E-state index contributed by atoms with van der Waals surface area (Å²) in [5.74, 6) is 0.402. The SMILES string of the molecule is N#Cc1ccc(N2CC3(CC(=O)C3)C2)cc1. The Morgan fingerprint density at radius 1 is 1.19 bits per heavy atom. The van der Waals surface area contributed by atoms with Crippen LogP contribution < -0.4 is 4.90 Å². The summed E-state index contributed by atoms with van der Waals surface area (Å²) in [6.07, 6.45) is 1.53. The topological polar surface area (TPSA) is 44.1 Å². The molecule has 2 aliphatic rings. The predicted octanol–water partition coefficient (Wildman–Crippen LogP) is 1.73. The molecule has 1 aromatic carbocycles. The number of carbonyl (C=O) groups is 1. The number of hydrogen-bond donors (Lipinski definition) is 0. The highest BCUT2D eigenvalue weighted by Gasteiger charge is 2.51. The molecule has 2 fully saturated rings. The molecule has 3 nitrogen and oxygen atoms in total. The highest BCUT2D eigenvalue weighted by Crippen LogP contribution is 2.47. The lowest BCUT2D eigenvalue weighted by Crippen LogP contribution is -2.62. The maximum atomic E-state index is 11.0. The molecule has 0 aromatic heterocycles. The second-order valence-corrected chi connectivity index (χ2v) is 4.91. The van der Waals surface area contributed by atoms with Crippen LogP contribution in [0.5, 0.6) is 0 Å². The number of rotatable bonds is 1. The van der Waals surface area contributed by atoms with Gasteiger partial charge < -0.3 is 4.90 Å². The molecular formula is C13H12N2O. The van der Waals surface area contributed by atoms with Crippen molar-refractivity contribution < 1.29 is 4.79 Å². The molecule has 3 rings (SSSR count). The van der Waals surface area contributed by atoms with Crippen molar-refractivity contribution in [3.63, 3.8) is 0 Å². The van der Waals surface area contributed by atoms with E-state index in [0.717, 1.165) is 31.6 Å². The van der Waals surface area contributed by atoms with E-state index < -0.39 is 0 Å². The van der Waals surface area contributed by atoms with E-state index in [2.05, 4.69) is 11.0 Å². The van der Waals surface area contributed by atoms with Gasteiger partial charge in [0, 0.05) is 37.0 Å². The smallest absolute Gasteiger partial charge is 0.134 e. The van der Waals surface area contributed by atoms with Gasteiger partial charge in [0.05, 0.1) is 11.6 Å². The van der Waals surface area contributed by atoms with E-state index >= 15 is 0 Å². The van der Waals surface area contributed by atoms with Crippen LogP contribution in [0.4, 0.5) is 5.69 Å². The highest BCUT2D eigenvalue weighted by molar-refractivity contribution is 5.87. The molecule has 0 bridgehead atoms. The predicted molar refractivity (Wildman–Crippen MR) is 60.0 cm³/mol. The zero-order chi connectivity index (χ0) is 11.2. The highest BCUT2D eigenvalue weighted by atomic mass is 16.1. The van der Waals surface area contributed by atoms with Crippen molar-refractivity contribution in [1.29, 1.82) is 5.26 Å². The number of nitrogens with zero attached hydrogens (tertiary/aromatic N) is 2. The largest absolute Gasteiger partial charge is 0.370 e. The van der Waals surface area contributed by atoms with Crippen LogP contribution in [0.1, 0.15) is 18.4 Å². The fraction of sp³-hybridized carbons (Fsp3) is 0.385. The molecule has 3 heteroatoms. The number of carbonyl (C=O) groups excluding carboxylic acids is 1. The van der Waals surface area contributed by atoms with Gasteiger partial charge in [0.15, 0.2) is 0 Å². The molecule has 1 spiro atoms. The van der Waals surface area contributed by atoms with Gasteiger partial charge in [0.25, 0.3) is 0 Å². The van der Waals surface area contributed by atoms with E-state index in [1.807, 2.05) is 24.3 Å². The molecule has 1 saturated heterocycles. The number of anilines is 1. The van der Waals surface area contributed by atoms with Crippen molar-refractivity contribution in [2.45, 2.75) is 12.8 Å². The Labute approximate surface area is 94.3 Å². The zero-order valence-corrected chi connectivity index (χ0v) is 8.94. The van der Waals surface area contributed by atoms with Crippen molar-refractivity contribution in [2.75, 3.05) is 18.0 Å². The van der Waals surface area contributed by atoms with E-state index in [1.165, 1.54) is 0 Å². The minimum atomic E-state index is 0.297. The van der Waals surface area contributed by atoms with Crippen molar-refractivity contribution in [3.05, 3.63) is 29.8 Å². The van der Waals surface area contributed by atoms with Gasteiger partial charge in [-0.25, -0.2) is 0 Å². The van der Waals surface area contributed by atoms with E-state index in [1.54, 1.807) is 0 Å². The number of nitriles is 1. The normalized spacial score (nSPS) is 21.2. The minimum absolute atomic E-state index is 0.297. The van der Waals surface area contributed by atoms with Crippen LogP contribution in [0.15, 0.2) is 24.3 Å². The van der Waals surface area contributed by atoms with Crippen molar-refractivity contribution >= 4 is 11.5 Å².